The number of anilines is 1. The molecule has 0 aliphatic heterocycles. The van der Waals surface area contributed by atoms with Crippen LogP contribution in [0.2, 0.25) is 0 Å². The number of amides is 1. The second kappa shape index (κ2) is 4.36. The molecule has 0 unspecified atom stereocenters. The number of hydrogen-bond acceptors (Lipinski definition) is 4. The molecular weight excluding hydrogens is 248 g/mol. The number of rotatable bonds is 2. The maximum absolute atomic E-state index is 11.8. The summed E-state index contributed by atoms with van der Waals surface area (Å²) < 4.78 is 0. The molecule has 0 fully saturated rings. The Labute approximate surface area is 107 Å². The van der Waals surface area contributed by atoms with Crippen molar-refractivity contribution in [1.29, 1.82) is 0 Å². The number of carbonyl (C=O) groups excluding carboxylic acids is 1. The van der Waals surface area contributed by atoms with E-state index in [2.05, 4.69) is 15.5 Å². The second-order valence-electron chi connectivity index (χ2n) is 4.81. The molecule has 0 radical (unpaired) electrons. The first-order chi connectivity index (χ1) is 8.80. The van der Waals surface area contributed by atoms with Crippen LogP contribution < -0.4 is 22.2 Å². The van der Waals surface area contributed by atoms with Crippen LogP contribution in [0, 0.1) is 0 Å². The van der Waals surface area contributed by atoms with Crippen LogP contribution in [-0.4, -0.2) is 21.6 Å². The van der Waals surface area contributed by atoms with E-state index in [1.165, 1.54) is 6.07 Å². The average molecular weight is 262 g/mol. The fraction of sp³-hybridized carbons (Fsp3) is 0.250. The smallest absolute Gasteiger partial charge is 0.272 e. The SMILES string of the molecule is CC(C)(N)C(=O)Nc1cccc2c(=O)[nH][nH]c(=O)c12. The number of aromatic nitrogens is 2. The van der Waals surface area contributed by atoms with E-state index in [0.29, 0.717) is 0 Å². The molecule has 19 heavy (non-hydrogen) atoms. The average Bonchev–Trinajstić information content (AvgIpc) is 2.33. The maximum Gasteiger partial charge on any atom is 0.272 e. The van der Waals surface area contributed by atoms with Crippen molar-refractivity contribution < 1.29 is 4.79 Å². The highest BCUT2D eigenvalue weighted by Crippen LogP contribution is 2.17. The minimum absolute atomic E-state index is 0.129. The molecule has 0 saturated carbocycles. The van der Waals surface area contributed by atoms with Gasteiger partial charge in [-0.3, -0.25) is 24.6 Å². The van der Waals surface area contributed by atoms with Crippen LogP contribution in [0.3, 0.4) is 0 Å². The monoisotopic (exact) mass is 262 g/mol. The van der Waals surface area contributed by atoms with Crippen LogP contribution in [0.25, 0.3) is 10.8 Å². The summed E-state index contributed by atoms with van der Waals surface area (Å²) in [5.41, 5.74) is 3.93. The largest absolute Gasteiger partial charge is 0.324 e. The molecule has 0 aliphatic carbocycles. The van der Waals surface area contributed by atoms with Gasteiger partial charge in [0.2, 0.25) is 5.91 Å². The lowest BCUT2D eigenvalue weighted by molar-refractivity contribution is -0.120. The molecule has 1 aromatic heterocycles. The van der Waals surface area contributed by atoms with E-state index >= 15 is 0 Å². The van der Waals surface area contributed by atoms with Crippen molar-refractivity contribution in [3.63, 3.8) is 0 Å². The van der Waals surface area contributed by atoms with Gasteiger partial charge in [0.15, 0.2) is 0 Å². The van der Waals surface area contributed by atoms with Crippen molar-refractivity contribution in [1.82, 2.24) is 10.2 Å². The molecule has 0 spiro atoms. The Morgan fingerprint density at radius 3 is 2.47 bits per heavy atom. The summed E-state index contributed by atoms with van der Waals surface area (Å²) in [6.45, 7) is 3.09. The lowest BCUT2D eigenvalue weighted by Gasteiger charge is -2.18. The van der Waals surface area contributed by atoms with Crippen molar-refractivity contribution in [2.75, 3.05) is 5.32 Å². The molecule has 2 rings (SSSR count). The summed E-state index contributed by atoms with van der Waals surface area (Å²) in [6.07, 6.45) is 0. The topological polar surface area (TPSA) is 121 Å². The molecule has 1 amide bonds. The van der Waals surface area contributed by atoms with Crippen molar-refractivity contribution in [2.45, 2.75) is 19.4 Å². The van der Waals surface area contributed by atoms with E-state index in [4.69, 9.17) is 5.73 Å². The van der Waals surface area contributed by atoms with E-state index < -0.39 is 22.6 Å². The Kier molecular flexibility index (Phi) is 2.99. The molecule has 0 bridgehead atoms. The number of carbonyl (C=O) groups is 1. The highest BCUT2D eigenvalue weighted by atomic mass is 16.2. The molecule has 0 saturated heterocycles. The Bertz CT molecular complexity index is 752. The van der Waals surface area contributed by atoms with Crippen molar-refractivity contribution in [3.8, 4) is 0 Å². The molecule has 7 nitrogen and oxygen atoms in total. The van der Waals surface area contributed by atoms with E-state index in [0.717, 1.165) is 0 Å². The zero-order valence-electron chi connectivity index (χ0n) is 10.5. The summed E-state index contributed by atoms with van der Waals surface area (Å²) >= 11 is 0. The Balaban J connectivity index is 2.63. The van der Waals surface area contributed by atoms with Gasteiger partial charge in [0.1, 0.15) is 0 Å². The van der Waals surface area contributed by atoms with Gasteiger partial charge < -0.3 is 11.1 Å². The molecule has 7 heteroatoms. The van der Waals surface area contributed by atoms with Crippen LogP contribution in [-0.2, 0) is 4.79 Å². The molecule has 5 N–H and O–H groups in total. The van der Waals surface area contributed by atoms with Crippen LogP contribution in [0.4, 0.5) is 5.69 Å². The molecule has 1 aromatic carbocycles. The zero-order chi connectivity index (χ0) is 14.2. The first-order valence-corrected chi connectivity index (χ1v) is 5.65. The van der Waals surface area contributed by atoms with E-state index in [-0.39, 0.29) is 16.5 Å². The minimum Gasteiger partial charge on any atom is -0.324 e. The van der Waals surface area contributed by atoms with Gasteiger partial charge in [-0.25, -0.2) is 0 Å². The van der Waals surface area contributed by atoms with Gasteiger partial charge in [-0.05, 0) is 26.0 Å². The molecule has 0 atom stereocenters. The summed E-state index contributed by atoms with van der Waals surface area (Å²) in [5, 5.41) is 7.33. The molecule has 100 valence electrons. The molecule has 2 aromatic rings. The highest BCUT2D eigenvalue weighted by molar-refractivity contribution is 6.04. The van der Waals surface area contributed by atoms with Crippen LogP contribution in [0.15, 0.2) is 27.8 Å². The summed E-state index contributed by atoms with van der Waals surface area (Å²) in [6, 6.07) is 4.63. The Morgan fingerprint density at radius 2 is 1.84 bits per heavy atom. The van der Waals surface area contributed by atoms with Crippen LogP contribution in [0.1, 0.15) is 13.8 Å². The number of nitrogens with one attached hydrogen (secondary N) is 3. The number of aromatic amines is 2. The third-order valence-electron chi connectivity index (χ3n) is 2.66. The first kappa shape index (κ1) is 13.0. The molecular formula is C12H14N4O3. The number of benzene rings is 1. The normalized spacial score (nSPS) is 11.5. The predicted octanol–water partition coefficient (Wildman–Crippen LogP) is -0.108. The summed E-state index contributed by atoms with van der Waals surface area (Å²) in [7, 11) is 0. The van der Waals surface area contributed by atoms with E-state index in [1.807, 2.05) is 0 Å². The fourth-order valence-electron chi connectivity index (χ4n) is 1.62. The number of nitrogens with two attached hydrogens (primary N) is 1. The van der Waals surface area contributed by atoms with Gasteiger partial charge >= 0.3 is 0 Å². The van der Waals surface area contributed by atoms with Crippen molar-refractivity contribution in [2.24, 2.45) is 5.73 Å². The van der Waals surface area contributed by atoms with Gasteiger partial charge in [-0.2, -0.15) is 0 Å². The lowest BCUT2D eigenvalue weighted by atomic mass is 10.1. The Morgan fingerprint density at radius 1 is 1.21 bits per heavy atom. The standard InChI is InChI=1S/C12H14N4O3/c1-12(2,13)11(19)14-7-5-3-4-6-8(7)10(18)16-15-9(6)17/h3-5H,13H2,1-2H3,(H,14,19)(H,15,17)(H,16,18). The Hall–Kier alpha value is -2.41. The number of fused-ring (bicyclic) bond motifs is 1. The van der Waals surface area contributed by atoms with Gasteiger partial charge in [-0.15, -0.1) is 0 Å². The van der Waals surface area contributed by atoms with Crippen LogP contribution >= 0.6 is 0 Å². The molecule has 0 aliphatic rings. The maximum atomic E-state index is 11.8. The van der Waals surface area contributed by atoms with Crippen LogP contribution in [0.5, 0.6) is 0 Å². The second-order valence-corrected chi connectivity index (χ2v) is 4.81. The van der Waals surface area contributed by atoms with E-state index in [1.54, 1.807) is 26.0 Å². The van der Waals surface area contributed by atoms with Gasteiger partial charge in [-0.1, -0.05) is 6.07 Å². The number of H-pyrrole nitrogens is 2. The zero-order valence-corrected chi connectivity index (χ0v) is 10.5. The van der Waals surface area contributed by atoms with Gasteiger partial charge in [0.05, 0.1) is 22.0 Å². The predicted molar refractivity (Wildman–Crippen MR) is 72.1 cm³/mol. The molecule has 1 heterocycles. The van der Waals surface area contributed by atoms with Crippen molar-refractivity contribution >= 4 is 22.4 Å². The van der Waals surface area contributed by atoms with Crippen molar-refractivity contribution in [3.05, 3.63) is 38.9 Å². The fourth-order valence-corrected chi connectivity index (χ4v) is 1.62. The minimum atomic E-state index is -1.09. The van der Waals surface area contributed by atoms with Gasteiger partial charge in [0, 0.05) is 0 Å². The third-order valence-corrected chi connectivity index (χ3v) is 2.66. The highest BCUT2D eigenvalue weighted by Gasteiger charge is 2.23. The van der Waals surface area contributed by atoms with E-state index in [9.17, 15) is 14.4 Å². The number of hydrogen-bond donors (Lipinski definition) is 4. The summed E-state index contributed by atoms with van der Waals surface area (Å²) in [5.74, 6) is -0.445. The quantitative estimate of drug-likeness (QED) is 0.603. The summed E-state index contributed by atoms with van der Waals surface area (Å²) in [4.78, 5) is 35.2. The first-order valence-electron chi connectivity index (χ1n) is 5.65. The lowest BCUT2D eigenvalue weighted by Crippen LogP contribution is -2.45. The van der Waals surface area contributed by atoms with Gasteiger partial charge in [0.25, 0.3) is 11.1 Å². The third kappa shape index (κ3) is 2.41.